The molecule has 1 N–H and O–H groups in total. The van der Waals surface area contributed by atoms with Crippen LogP contribution >= 0.6 is 15.9 Å². The van der Waals surface area contributed by atoms with Crippen molar-refractivity contribution in [2.75, 3.05) is 11.9 Å². The number of aromatic nitrogens is 2. The van der Waals surface area contributed by atoms with E-state index in [2.05, 4.69) is 52.0 Å². The Kier molecular flexibility index (Phi) is 5.56. The van der Waals surface area contributed by atoms with Gasteiger partial charge < -0.3 is 10.1 Å². The van der Waals surface area contributed by atoms with Gasteiger partial charge in [-0.25, -0.2) is 9.97 Å². The van der Waals surface area contributed by atoms with Gasteiger partial charge in [-0.2, -0.15) is 0 Å². The molecule has 1 aromatic heterocycles. The number of hydrogen-bond donors (Lipinski definition) is 1. The van der Waals surface area contributed by atoms with E-state index in [4.69, 9.17) is 4.74 Å². The zero-order valence-electron chi connectivity index (χ0n) is 12.6. The summed E-state index contributed by atoms with van der Waals surface area (Å²) in [4.78, 5) is 8.66. The third-order valence-electron chi connectivity index (χ3n) is 3.01. The Morgan fingerprint density at radius 2 is 2.00 bits per heavy atom. The molecule has 0 saturated heterocycles. The summed E-state index contributed by atoms with van der Waals surface area (Å²) in [6.07, 6.45) is 2.58. The molecule has 21 heavy (non-hydrogen) atoms. The van der Waals surface area contributed by atoms with E-state index < -0.39 is 0 Å². The van der Waals surface area contributed by atoms with E-state index in [-0.39, 0.29) is 5.92 Å². The first-order valence-corrected chi connectivity index (χ1v) is 7.94. The van der Waals surface area contributed by atoms with Gasteiger partial charge in [0, 0.05) is 6.54 Å². The summed E-state index contributed by atoms with van der Waals surface area (Å²) in [6.45, 7) is 7.23. The molecule has 0 aliphatic rings. The van der Waals surface area contributed by atoms with Crippen LogP contribution in [0.25, 0.3) is 0 Å². The largest absolute Gasteiger partial charge is 0.437 e. The van der Waals surface area contributed by atoms with Gasteiger partial charge in [0.05, 0.1) is 10.0 Å². The van der Waals surface area contributed by atoms with Crippen LogP contribution in [0, 0.1) is 0 Å². The molecule has 1 heterocycles. The maximum Gasteiger partial charge on any atom is 0.227 e. The predicted octanol–water partition coefficient (Wildman–Crippen LogP) is 4.98. The van der Waals surface area contributed by atoms with Crippen LogP contribution in [0.2, 0.25) is 0 Å². The van der Waals surface area contributed by atoms with Gasteiger partial charge in [-0.05, 0) is 40.4 Å². The van der Waals surface area contributed by atoms with Gasteiger partial charge in [-0.15, -0.1) is 0 Å². The van der Waals surface area contributed by atoms with E-state index in [0.29, 0.717) is 5.88 Å². The summed E-state index contributed by atoms with van der Waals surface area (Å²) in [5, 5.41) is 3.34. The Balaban J connectivity index is 2.36. The van der Waals surface area contributed by atoms with Crippen molar-refractivity contribution in [3.05, 3.63) is 40.6 Å². The second-order valence-corrected chi connectivity index (χ2v) is 5.91. The topological polar surface area (TPSA) is 47.0 Å². The second-order valence-electron chi connectivity index (χ2n) is 5.06. The number of benzene rings is 1. The molecule has 0 bridgehead atoms. The summed E-state index contributed by atoms with van der Waals surface area (Å²) in [7, 11) is 0. The Labute approximate surface area is 134 Å². The summed E-state index contributed by atoms with van der Waals surface area (Å²) in [6, 6.07) is 7.75. The first kappa shape index (κ1) is 15.8. The SMILES string of the molecule is CCCNc1ncnc(Oc2ccccc2Br)c1C(C)C. The summed E-state index contributed by atoms with van der Waals surface area (Å²) in [5.74, 6) is 2.47. The highest BCUT2D eigenvalue weighted by Crippen LogP contribution is 2.35. The minimum Gasteiger partial charge on any atom is -0.437 e. The third kappa shape index (κ3) is 3.94. The van der Waals surface area contributed by atoms with E-state index in [1.807, 2.05) is 24.3 Å². The van der Waals surface area contributed by atoms with Crippen LogP contribution in [0.1, 0.15) is 38.7 Å². The third-order valence-corrected chi connectivity index (χ3v) is 3.67. The highest BCUT2D eigenvalue weighted by atomic mass is 79.9. The van der Waals surface area contributed by atoms with Gasteiger partial charge in [-0.1, -0.05) is 32.9 Å². The Bertz CT molecular complexity index is 602. The number of hydrogen-bond acceptors (Lipinski definition) is 4. The molecule has 0 aliphatic heterocycles. The molecule has 2 rings (SSSR count). The molecule has 1 aromatic carbocycles. The fourth-order valence-electron chi connectivity index (χ4n) is 2.00. The van der Waals surface area contributed by atoms with Crippen molar-refractivity contribution in [2.45, 2.75) is 33.1 Å². The molecule has 0 unspecified atom stereocenters. The van der Waals surface area contributed by atoms with Gasteiger partial charge in [0.25, 0.3) is 0 Å². The maximum atomic E-state index is 5.98. The Morgan fingerprint density at radius 1 is 1.24 bits per heavy atom. The minimum atomic E-state index is 0.267. The fourth-order valence-corrected chi connectivity index (χ4v) is 2.36. The molecule has 0 aliphatic carbocycles. The number of halogens is 1. The van der Waals surface area contributed by atoms with E-state index in [9.17, 15) is 0 Å². The lowest BCUT2D eigenvalue weighted by molar-refractivity contribution is 0.449. The smallest absolute Gasteiger partial charge is 0.227 e. The minimum absolute atomic E-state index is 0.267. The second kappa shape index (κ2) is 7.41. The van der Waals surface area contributed by atoms with Crippen molar-refractivity contribution < 1.29 is 4.74 Å². The van der Waals surface area contributed by atoms with Crippen LogP contribution in [0.15, 0.2) is 35.1 Å². The van der Waals surface area contributed by atoms with Crippen LogP contribution in [0.5, 0.6) is 11.6 Å². The van der Waals surface area contributed by atoms with Crippen LogP contribution in [-0.4, -0.2) is 16.5 Å². The fraction of sp³-hybridized carbons (Fsp3) is 0.375. The monoisotopic (exact) mass is 349 g/mol. The van der Waals surface area contributed by atoms with Crippen LogP contribution in [0.3, 0.4) is 0 Å². The van der Waals surface area contributed by atoms with Gasteiger partial charge in [0.1, 0.15) is 17.9 Å². The predicted molar refractivity (Wildman–Crippen MR) is 89.1 cm³/mol. The Hall–Kier alpha value is -1.62. The lowest BCUT2D eigenvalue weighted by atomic mass is 10.1. The van der Waals surface area contributed by atoms with Crippen molar-refractivity contribution in [2.24, 2.45) is 0 Å². The molecule has 0 atom stereocenters. The molecule has 4 nitrogen and oxygen atoms in total. The lowest BCUT2D eigenvalue weighted by Crippen LogP contribution is -2.08. The van der Waals surface area contributed by atoms with Gasteiger partial charge in [-0.3, -0.25) is 0 Å². The van der Waals surface area contributed by atoms with Gasteiger partial charge in [0.2, 0.25) is 5.88 Å². The first-order valence-electron chi connectivity index (χ1n) is 7.14. The lowest BCUT2D eigenvalue weighted by Gasteiger charge is -2.17. The van der Waals surface area contributed by atoms with Crippen molar-refractivity contribution >= 4 is 21.7 Å². The molecular weight excluding hydrogens is 330 g/mol. The summed E-state index contributed by atoms with van der Waals surface area (Å²) in [5.41, 5.74) is 1.00. The van der Waals surface area contributed by atoms with E-state index in [0.717, 1.165) is 34.6 Å². The zero-order valence-corrected chi connectivity index (χ0v) is 14.1. The molecule has 0 saturated carbocycles. The average molecular weight is 350 g/mol. The normalized spacial score (nSPS) is 10.7. The van der Waals surface area contributed by atoms with Gasteiger partial charge >= 0.3 is 0 Å². The molecule has 2 aromatic rings. The van der Waals surface area contributed by atoms with Crippen LogP contribution in [0.4, 0.5) is 5.82 Å². The zero-order chi connectivity index (χ0) is 15.2. The molecule has 0 spiro atoms. The first-order chi connectivity index (χ1) is 10.1. The molecule has 0 fully saturated rings. The highest BCUT2D eigenvalue weighted by Gasteiger charge is 2.17. The molecule has 5 heteroatoms. The van der Waals surface area contributed by atoms with E-state index >= 15 is 0 Å². The number of anilines is 1. The quantitative estimate of drug-likeness (QED) is 0.798. The van der Waals surface area contributed by atoms with E-state index in [1.165, 1.54) is 6.33 Å². The molecular formula is C16H20BrN3O. The van der Waals surface area contributed by atoms with Crippen LogP contribution < -0.4 is 10.1 Å². The number of rotatable bonds is 6. The molecule has 112 valence electrons. The summed E-state index contributed by atoms with van der Waals surface area (Å²) < 4.78 is 6.89. The molecule has 0 radical (unpaired) electrons. The van der Waals surface area contributed by atoms with Crippen molar-refractivity contribution in [1.29, 1.82) is 0 Å². The highest BCUT2D eigenvalue weighted by molar-refractivity contribution is 9.10. The number of para-hydroxylation sites is 1. The molecule has 0 amide bonds. The van der Waals surface area contributed by atoms with Gasteiger partial charge in [0.15, 0.2) is 0 Å². The Morgan fingerprint density at radius 3 is 2.67 bits per heavy atom. The summed E-state index contributed by atoms with van der Waals surface area (Å²) >= 11 is 3.49. The standard InChI is InChI=1S/C16H20BrN3O/c1-4-9-18-15-14(11(2)3)16(20-10-19-15)21-13-8-6-5-7-12(13)17/h5-8,10-11H,4,9H2,1-3H3,(H,18,19,20). The van der Waals surface area contributed by atoms with E-state index in [1.54, 1.807) is 0 Å². The van der Waals surface area contributed by atoms with Crippen molar-refractivity contribution in [1.82, 2.24) is 9.97 Å². The number of nitrogens with one attached hydrogen (secondary N) is 1. The van der Waals surface area contributed by atoms with Crippen molar-refractivity contribution in [3.63, 3.8) is 0 Å². The number of ether oxygens (including phenoxy) is 1. The average Bonchev–Trinajstić information content (AvgIpc) is 2.47. The van der Waals surface area contributed by atoms with Crippen LogP contribution in [-0.2, 0) is 0 Å². The van der Waals surface area contributed by atoms with Crippen molar-refractivity contribution in [3.8, 4) is 11.6 Å². The maximum absolute atomic E-state index is 5.98. The number of nitrogens with zero attached hydrogens (tertiary/aromatic N) is 2.